The number of hydrogen-bond acceptors (Lipinski definition) is 8. The summed E-state index contributed by atoms with van der Waals surface area (Å²) in [7, 11) is 0. The van der Waals surface area contributed by atoms with Crippen LogP contribution in [0.15, 0.2) is 69.7 Å². The Morgan fingerprint density at radius 2 is 1.14 bits per heavy atom. The number of aliphatic carboxylic acids is 1. The zero-order valence-corrected chi connectivity index (χ0v) is 26.0. The number of carboxylic acids is 1. The maximum atomic E-state index is 12.0. The number of aromatic nitrogens is 2. The summed E-state index contributed by atoms with van der Waals surface area (Å²) in [6.45, 7) is 11.6. The highest BCUT2D eigenvalue weighted by Gasteiger charge is 2.20. The quantitative estimate of drug-likeness (QED) is 0.167. The van der Waals surface area contributed by atoms with Crippen molar-refractivity contribution in [1.82, 2.24) is 10.3 Å². The first kappa shape index (κ1) is 35.0. The number of aryl methyl sites for hydroxylation is 2. The van der Waals surface area contributed by atoms with Crippen LogP contribution in [0, 0.1) is 25.7 Å². The van der Waals surface area contributed by atoms with Crippen LogP contribution in [0.5, 0.6) is 0 Å². The van der Waals surface area contributed by atoms with Gasteiger partial charge in [0.2, 0.25) is 0 Å². The van der Waals surface area contributed by atoms with E-state index in [1.54, 1.807) is 6.92 Å². The summed E-state index contributed by atoms with van der Waals surface area (Å²) in [4.78, 5) is 22.1. The minimum absolute atomic E-state index is 0.0367. The molecule has 2 aromatic carbocycles. The van der Waals surface area contributed by atoms with Gasteiger partial charge in [0.25, 0.3) is 0 Å². The summed E-state index contributed by atoms with van der Waals surface area (Å²) < 4.78 is 15.7. The third kappa shape index (κ3) is 10.2. The van der Waals surface area contributed by atoms with Gasteiger partial charge in [-0.05, 0) is 39.5 Å². The van der Waals surface area contributed by atoms with Gasteiger partial charge in [-0.1, -0.05) is 98.7 Å². The average Bonchev–Trinajstić information content (AvgIpc) is 3.59. The van der Waals surface area contributed by atoms with E-state index in [0.717, 1.165) is 59.3 Å². The van der Waals surface area contributed by atoms with Gasteiger partial charge in [0.1, 0.15) is 29.5 Å². The Bertz CT molecular complexity index is 1370. The Hall–Kier alpha value is -4.24. The Kier molecular flexibility index (Phi) is 14.9. The number of rotatable bonds is 11. The minimum Gasteiger partial charge on any atom is -0.481 e. The number of hydrogen-bond donors (Lipinski definition) is 2. The maximum Gasteiger partial charge on any atom is 0.309 e. The van der Waals surface area contributed by atoms with Gasteiger partial charge < -0.3 is 24.0 Å². The molecule has 43 heavy (non-hydrogen) atoms. The molecule has 4 aromatic rings. The fraction of sp³-hybridized carbons (Fsp3) is 0.412. The lowest BCUT2D eigenvalue weighted by Gasteiger charge is -2.12. The van der Waals surface area contributed by atoms with Gasteiger partial charge in [0.05, 0.1) is 24.0 Å². The second-order valence-electron chi connectivity index (χ2n) is 9.99. The van der Waals surface area contributed by atoms with Crippen LogP contribution in [0.4, 0.5) is 0 Å². The molecule has 2 heterocycles. The molecule has 0 aliphatic carbocycles. The van der Waals surface area contributed by atoms with E-state index < -0.39 is 5.97 Å². The van der Waals surface area contributed by atoms with Crippen molar-refractivity contribution >= 4 is 11.9 Å². The lowest BCUT2D eigenvalue weighted by atomic mass is 10.0. The maximum absolute atomic E-state index is 12.0. The highest BCUT2D eigenvalue weighted by Crippen LogP contribution is 2.26. The predicted molar refractivity (Wildman–Crippen MR) is 165 cm³/mol. The van der Waals surface area contributed by atoms with Gasteiger partial charge in [-0.2, -0.15) is 0 Å². The molecule has 0 spiro atoms. The fourth-order valence-corrected chi connectivity index (χ4v) is 4.31. The second-order valence-corrected chi connectivity index (χ2v) is 9.99. The molecule has 9 heteroatoms. The molecule has 0 saturated heterocycles. The van der Waals surface area contributed by atoms with Gasteiger partial charge in [-0.25, -0.2) is 0 Å². The Morgan fingerprint density at radius 1 is 0.721 bits per heavy atom. The summed E-state index contributed by atoms with van der Waals surface area (Å²) in [5.74, 6) is 0.368. The zero-order valence-electron chi connectivity index (χ0n) is 26.0. The molecule has 0 unspecified atom stereocenters. The predicted octanol–water partition coefficient (Wildman–Crippen LogP) is 7.78. The molecule has 0 radical (unpaired) electrons. The first-order chi connectivity index (χ1) is 20.7. The fourth-order valence-electron chi connectivity index (χ4n) is 4.31. The van der Waals surface area contributed by atoms with Crippen molar-refractivity contribution in [2.75, 3.05) is 0 Å². The third-order valence-corrected chi connectivity index (χ3v) is 7.23. The standard InChI is InChI=1S/C17H21NO3.C11H11NO2.C6H12O2/c1-4-13(5-2)17(19)20-11-15-12(3)21-18-16(15)14-9-7-6-8-10-14;1-8-10(7-13)11(12-14-8)9-5-3-2-4-6-9;1-3-5(4-2)6(7)8/h6-10,13H,4-5,11H2,1-3H3;2-6,13H,7H2,1H3;5H,3-4H2,1-2H3,(H,7,8). The number of benzene rings is 2. The molecule has 0 saturated carbocycles. The topological polar surface area (TPSA) is 136 Å². The monoisotopic (exact) mass is 592 g/mol. The van der Waals surface area contributed by atoms with Crippen LogP contribution in [0.1, 0.15) is 76.0 Å². The third-order valence-electron chi connectivity index (χ3n) is 7.23. The van der Waals surface area contributed by atoms with E-state index in [1.807, 2.05) is 95.3 Å². The molecule has 9 nitrogen and oxygen atoms in total. The average molecular weight is 593 g/mol. The Labute approximate surface area is 253 Å². The highest BCUT2D eigenvalue weighted by molar-refractivity contribution is 5.73. The summed E-state index contributed by atoms with van der Waals surface area (Å²) in [6.07, 6.45) is 3.07. The van der Waals surface area contributed by atoms with E-state index in [1.165, 1.54) is 0 Å². The smallest absolute Gasteiger partial charge is 0.309 e. The van der Waals surface area contributed by atoms with E-state index in [0.29, 0.717) is 11.5 Å². The highest BCUT2D eigenvalue weighted by atomic mass is 16.5. The van der Waals surface area contributed by atoms with Crippen LogP contribution in [0.2, 0.25) is 0 Å². The van der Waals surface area contributed by atoms with Crippen molar-refractivity contribution in [3.8, 4) is 22.5 Å². The molecule has 232 valence electrons. The van der Waals surface area contributed by atoms with Crippen LogP contribution >= 0.6 is 0 Å². The van der Waals surface area contributed by atoms with Crippen molar-refractivity contribution in [3.05, 3.63) is 83.3 Å². The molecule has 0 aliphatic rings. The van der Waals surface area contributed by atoms with E-state index in [2.05, 4.69) is 10.3 Å². The molecule has 0 aliphatic heterocycles. The van der Waals surface area contributed by atoms with Crippen LogP contribution in [0.25, 0.3) is 22.5 Å². The van der Waals surface area contributed by atoms with Crippen molar-refractivity contribution in [2.45, 2.75) is 80.4 Å². The van der Waals surface area contributed by atoms with Gasteiger partial charge in [-0.3, -0.25) is 9.59 Å². The lowest BCUT2D eigenvalue weighted by molar-refractivity contribution is -0.150. The van der Waals surface area contributed by atoms with Crippen LogP contribution in [-0.4, -0.2) is 32.5 Å². The molecular weight excluding hydrogens is 548 g/mol. The second kappa shape index (κ2) is 18.3. The van der Waals surface area contributed by atoms with E-state index >= 15 is 0 Å². The van der Waals surface area contributed by atoms with E-state index in [-0.39, 0.29) is 31.0 Å². The first-order valence-corrected chi connectivity index (χ1v) is 14.7. The number of aliphatic hydroxyl groups is 1. The molecule has 4 rings (SSSR count). The molecule has 2 N–H and O–H groups in total. The van der Waals surface area contributed by atoms with Gasteiger partial charge in [0.15, 0.2) is 0 Å². The van der Waals surface area contributed by atoms with Crippen molar-refractivity contribution in [2.24, 2.45) is 11.8 Å². The number of aliphatic hydroxyl groups excluding tert-OH is 1. The van der Waals surface area contributed by atoms with Gasteiger partial charge >= 0.3 is 11.9 Å². The molecule has 0 atom stereocenters. The summed E-state index contributed by atoms with van der Waals surface area (Å²) in [5.41, 5.74) is 4.99. The zero-order chi connectivity index (χ0) is 31.8. The number of esters is 1. The van der Waals surface area contributed by atoms with Crippen LogP contribution in [0.3, 0.4) is 0 Å². The largest absolute Gasteiger partial charge is 0.481 e. The van der Waals surface area contributed by atoms with Gasteiger partial charge in [0, 0.05) is 16.7 Å². The van der Waals surface area contributed by atoms with E-state index in [9.17, 15) is 9.59 Å². The first-order valence-electron chi connectivity index (χ1n) is 14.7. The lowest BCUT2D eigenvalue weighted by Crippen LogP contribution is -2.16. The molecule has 0 bridgehead atoms. The molecule has 0 amide bonds. The van der Waals surface area contributed by atoms with Crippen molar-refractivity contribution in [3.63, 3.8) is 0 Å². The number of carbonyl (C=O) groups is 2. The van der Waals surface area contributed by atoms with Crippen molar-refractivity contribution < 1.29 is 33.6 Å². The van der Waals surface area contributed by atoms with E-state index in [4.69, 9.17) is 24.0 Å². The molecule has 2 aromatic heterocycles. The Balaban J connectivity index is 0.000000252. The minimum atomic E-state index is -0.671. The molecular formula is C34H44N2O7. The number of carbonyl (C=O) groups excluding carboxylic acids is 1. The summed E-state index contributed by atoms with van der Waals surface area (Å²) >= 11 is 0. The summed E-state index contributed by atoms with van der Waals surface area (Å²) in [6, 6.07) is 19.4. The number of carboxylic acid groups (broad SMARTS) is 1. The normalized spacial score (nSPS) is 10.5. The van der Waals surface area contributed by atoms with Crippen molar-refractivity contribution in [1.29, 1.82) is 0 Å². The van der Waals surface area contributed by atoms with Crippen LogP contribution < -0.4 is 0 Å². The number of ether oxygens (including phenoxy) is 1. The summed E-state index contributed by atoms with van der Waals surface area (Å²) in [5, 5.41) is 25.5. The SMILES string of the molecule is CCC(CC)C(=O)O.CCC(CC)C(=O)OCc1c(-c2ccccc2)noc1C.Cc1onc(-c2ccccc2)c1CO. The van der Waals surface area contributed by atoms with Gasteiger partial charge in [-0.15, -0.1) is 0 Å². The Morgan fingerprint density at radius 3 is 1.51 bits per heavy atom. The molecule has 0 fully saturated rings. The number of nitrogens with zero attached hydrogens (tertiary/aromatic N) is 2. The van der Waals surface area contributed by atoms with Crippen LogP contribution in [-0.2, 0) is 27.5 Å².